The van der Waals surface area contributed by atoms with Crippen LogP contribution in [0.4, 0.5) is 4.79 Å². The minimum absolute atomic E-state index is 0.0890. The zero-order chi connectivity index (χ0) is 20.7. The highest BCUT2D eigenvalue weighted by molar-refractivity contribution is 5.72. The molecule has 1 heterocycles. The molecule has 0 bridgehead atoms. The van der Waals surface area contributed by atoms with Crippen LogP contribution in [0.15, 0.2) is 30.3 Å². The summed E-state index contributed by atoms with van der Waals surface area (Å²) in [4.78, 5) is 28.3. The molecule has 7 nitrogen and oxygen atoms in total. The molecule has 1 aromatic rings. The zero-order valence-corrected chi connectivity index (χ0v) is 17.1. The van der Waals surface area contributed by atoms with Gasteiger partial charge in [0.15, 0.2) is 0 Å². The number of carbonyl (C=O) groups excluding carboxylic acids is 2. The Bertz CT molecular complexity index is 709. The maximum Gasteiger partial charge on any atom is 0.410 e. The molecule has 2 atom stereocenters. The Kier molecular flexibility index (Phi) is 7.41. The van der Waals surface area contributed by atoms with Crippen molar-refractivity contribution >= 4 is 12.1 Å². The van der Waals surface area contributed by atoms with Crippen molar-refractivity contribution in [2.75, 3.05) is 19.6 Å². The molecule has 0 spiro atoms. The molecule has 1 aliphatic rings. The Labute approximate surface area is 166 Å². The summed E-state index contributed by atoms with van der Waals surface area (Å²) in [5.74, 6) is -0.343. The van der Waals surface area contributed by atoms with Crippen molar-refractivity contribution in [2.45, 2.75) is 58.4 Å². The van der Waals surface area contributed by atoms with Gasteiger partial charge in [0, 0.05) is 25.2 Å². The van der Waals surface area contributed by atoms with Gasteiger partial charge < -0.3 is 14.4 Å². The largest absolute Gasteiger partial charge is 0.460 e. The van der Waals surface area contributed by atoms with Crippen molar-refractivity contribution in [3.63, 3.8) is 0 Å². The molecule has 0 radical (unpaired) electrons. The van der Waals surface area contributed by atoms with Crippen molar-refractivity contribution in [1.29, 1.82) is 5.26 Å². The SMILES string of the molecule is C[C@@H]1CN(CC(=O)OCc2ccccc2)[C@@H](CC#N)CN1C(=O)OC(C)(C)C. The smallest absolute Gasteiger partial charge is 0.410 e. The van der Waals surface area contributed by atoms with Crippen LogP contribution in [-0.4, -0.2) is 59.2 Å². The van der Waals surface area contributed by atoms with Crippen LogP contribution in [-0.2, 0) is 20.9 Å². The Morgan fingerprint density at radius 2 is 1.89 bits per heavy atom. The molecule has 152 valence electrons. The maximum atomic E-state index is 12.5. The number of hydrogen-bond donors (Lipinski definition) is 0. The number of nitrogens with zero attached hydrogens (tertiary/aromatic N) is 3. The number of esters is 1. The van der Waals surface area contributed by atoms with E-state index >= 15 is 0 Å². The summed E-state index contributed by atoms with van der Waals surface area (Å²) in [7, 11) is 0. The molecule has 0 saturated carbocycles. The van der Waals surface area contributed by atoms with Crippen LogP contribution >= 0.6 is 0 Å². The van der Waals surface area contributed by atoms with E-state index < -0.39 is 11.7 Å². The lowest BCUT2D eigenvalue weighted by atomic mass is 10.1. The lowest BCUT2D eigenvalue weighted by Crippen LogP contribution is -2.60. The lowest BCUT2D eigenvalue weighted by molar-refractivity contribution is -0.147. The molecule has 1 saturated heterocycles. The summed E-state index contributed by atoms with van der Waals surface area (Å²) in [5.41, 5.74) is 0.340. The van der Waals surface area contributed by atoms with Crippen LogP contribution < -0.4 is 0 Å². The van der Waals surface area contributed by atoms with Crippen molar-refractivity contribution in [3.8, 4) is 6.07 Å². The molecule has 1 amide bonds. The topological polar surface area (TPSA) is 82.9 Å². The van der Waals surface area contributed by atoms with Gasteiger partial charge in [-0.25, -0.2) is 4.79 Å². The monoisotopic (exact) mass is 387 g/mol. The number of hydrogen-bond acceptors (Lipinski definition) is 6. The summed E-state index contributed by atoms with van der Waals surface area (Å²) in [6.45, 7) is 8.50. The molecule has 1 aromatic carbocycles. The summed E-state index contributed by atoms with van der Waals surface area (Å²) in [5, 5.41) is 9.17. The lowest BCUT2D eigenvalue weighted by Gasteiger charge is -2.44. The first-order chi connectivity index (χ1) is 13.2. The first-order valence-electron chi connectivity index (χ1n) is 9.50. The zero-order valence-electron chi connectivity index (χ0n) is 17.1. The van der Waals surface area contributed by atoms with Gasteiger partial charge >= 0.3 is 12.1 Å². The van der Waals surface area contributed by atoms with E-state index in [2.05, 4.69) is 6.07 Å². The molecule has 0 unspecified atom stereocenters. The number of carbonyl (C=O) groups is 2. The van der Waals surface area contributed by atoms with Gasteiger partial charge in [0.1, 0.15) is 12.2 Å². The first-order valence-corrected chi connectivity index (χ1v) is 9.50. The van der Waals surface area contributed by atoms with E-state index in [1.54, 1.807) is 4.90 Å². The standard InChI is InChI=1S/C21H29N3O4/c1-16-12-23(14-19(25)27-15-17-8-6-5-7-9-17)18(10-11-22)13-24(16)20(26)28-21(2,3)4/h5-9,16,18H,10,12-15H2,1-4H3/t16-,18+/m1/s1. The third-order valence-electron chi connectivity index (χ3n) is 4.48. The Morgan fingerprint density at radius 3 is 2.50 bits per heavy atom. The molecular formula is C21H29N3O4. The van der Waals surface area contributed by atoms with Gasteiger partial charge in [0.25, 0.3) is 0 Å². The van der Waals surface area contributed by atoms with Crippen LogP contribution in [0.2, 0.25) is 0 Å². The van der Waals surface area contributed by atoms with E-state index in [0.717, 1.165) is 5.56 Å². The average Bonchev–Trinajstić information content (AvgIpc) is 2.61. The minimum Gasteiger partial charge on any atom is -0.460 e. The molecule has 0 N–H and O–H groups in total. The summed E-state index contributed by atoms with van der Waals surface area (Å²) < 4.78 is 10.8. The number of nitriles is 1. The van der Waals surface area contributed by atoms with Gasteiger partial charge in [-0.15, -0.1) is 0 Å². The molecule has 0 aliphatic carbocycles. The number of benzene rings is 1. The van der Waals surface area contributed by atoms with Crippen molar-refractivity contribution in [2.24, 2.45) is 0 Å². The van der Waals surface area contributed by atoms with Crippen molar-refractivity contribution < 1.29 is 19.1 Å². The van der Waals surface area contributed by atoms with Gasteiger partial charge in [-0.2, -0.15) is 5.26 Å². The van der Waals surface area contributed by atoms with E-state index in [9.17, 15) is 14.9 Å². The number of rotatable bonds is 5. The maximum absolute atomic E-state index is 12.5. The van der Waals surface area contributed by atoms with Crippen LogP contribution in [0.1, 0.15) is 39.7 Å². The third-order valence-corrected chi connectivity index (χ3v) is 4.48. The van der Waals surface area contributed by atoms with Gasteiger partial charge in [-0.3, -0.25) is 9.69 Å². The highest BCUT2D eigenvalue weighted by atomic mass is 16.6. The minimum atomic E-state index is -0.583. The fourth-order valence-corrected chi connectivity index (χ4v) is 3.13. The summed E-state index contributed by atoms with van der Waals surface area (Å²) >= 11 is 0. The first kappa shape index (κ1) is 21.7. The van der Waals surface area contributed by atoms with E-state index in [0.29, 0.717) is 13.1 Å². The summed E-state index contributed by atoms with van der Waals surface area (Å²) in [6, 6.07) is 11.3. The number of amides is 1. The number of ether oxygens (including phenoxy) is 2. The quantitative estimate of drug-likeness (QED) is 0.723. The van der Waals surface area contributed by atoms with Crippen molar-refractivity contribution in [1.82, 2.24) is 9.80 Å². The second kappa shape index (κ2) is 9.56. The van der Waals surface area contributed by atoms with Crippen LogP contribution in [0.3, 0.4) is 0 Å². The molecule has 1 fully saturated rings. The van der Waals surface area contributed by atoms with E-state index in [-0.39, 0.29) is 37.6 Å². The van der Waals surface area contributed by atoms with Gasteiger partial charge in [-0.05, 0) is 33.3 Å². The van der Waals surface area contributed by atoms with Gasteiger partial charge in [0.2, 0.25) is 0 Å². The van der Waals surface area contributed by atoms with Gasteiger partial charge in [-0.1, -0.05) is 30.3 Å². The molecule has 0 aromatic heterocycles. The van der Waals surface area contributed by atoms with E-state index in [1.807, 2.05) is 62.9 Å². The molecule has 2 rings (SSSR count). The van der Waals surface area contributed by atoms with Crippen LogP contribution in [0.5, 0.6) is 0 Å². The number of piperazine rings is 1. The second-order valence-electron chi connectivity index (χ2n) is 8.07. The molecular weight excluding hydrogens is 358 g/mol. The molecule has 1 aliphatic heterocycles. The molecule has 28 heavy (non-hydrogen) atoms. The fraction of sp³-hybridized carbons (Fsp3) is 0.571. The van der Waals surface area contributed by atoms with Crippen molar-refractivity contribution in [3.05, 3.63) is 35.9 Å². The fourth-order valence-electron chi connectivity index (χ4n) is 3.13. The highest BCUT2D eigenvalue weighted by Crippen LogP contribution is 2.20. The Morgan fingerprint density at radius 1 is 1.21 bits per heavy atom. The predicted octanol–water partition coefficient (Wildman–Crippen LogP) is 2.95. The Balaban J connectivity index is 1.96. The van der Waals surface area contributed by atoms with E-state index in [1.165, 1.54) is 0 Å². The molecule has 7 heteroatoms. The predicted molar refractivity (Wildman–Crippen MR) is 104 cm³/mol. The van der Waals surface area contributed by atoms with E-state index in [4.69, 9.17) is 9.47 Å². The third kappa shape index (κ3) is 6.54. The second-order valence-corrected chi connectivity index (χ2v) is 8.07. The van der Waals surface area contributed by atoms with Crippen LogP contribution in [0.25, 0.3) is 0 Å². The summed E-state index contributed by atoms with van der Waals surface area (Å²) in [6.07, 6.45) is -0.174. The van der Waals surface area contributed by atoms with Crippen LogP contribution in [0, 0.1) is 11.3 Å². The van der Waals surface area contributed by atoms with Gasteiger partial charge in [0.05, 0.1) is 19.0 Å². The highest BCUT2D eigenvalue weighted by Gasteiger charge is 2.37. The normalized spacial score (nSPS) is 20.3. The Hall–Kier alpha value is -2.59. The average molecular weight is 387 g/mol.